The van der Waals surface area contributed by atoms with Crippen LogP contribution in [0, 0.1) is 6.92 Å². The number of hydrogen-bond acceptors (Lipinski definition) is 3. The van der Waals surface area contributed by atoms with Crippen LogP contribution >= 0.6 is 11.6 Å². The maximum absolute atomic E-state index is 6.32. The van der Waals surface area contributed by atoms with Crippen molar-refractivity contribution >= 4 is 23.0 Å². The van der Waals surface area contributed by atoms with Crippen molar-refractivity contribution in [2.45, 2.75) is 19.9 Å². The topological polar surface area (TPSA) is 47.1 Å². The van der Waals surface area contributed by atoms with E-state index >= 15 is 0 Å². The fourth-order valence-corrected chi connectivity index (χ4v) is 2.88. The van der Waals surface area contributed by atoms with Crippen molar-refractivity contribution in [1.82, 2.24) is 9.78 Å². The monoisotopic (exact) mass is 276 g/mol. The number of halogens is 1. The van der Waals surface area contributed by atoms with Gasteiger partial charge in [0.25, 0.3) is 0 Å². The zero-order valence-electron chi connectivity index (χ0n) is 11.2. The third-order valence-electron chi connectivity index (χ3n) is 3.70. The normalized spacial score (nSPS) is 13.9. The smallest absolute Gasteiger partial charge is 0.0865 e. The average Bonchev–Trinajstić information content (AvgIpc) is 2.86. The molecule has 0 aliphatic carbocycles. The van der Waals surface area contributed by atoms with Crippen molar-refractivity contribution in [2.75, 3.05) is 17.2 Å². The van der Waals surface area contributed by atoms with E-state index in [1.54, 1.807) is 0 Å². The van der Waals surface area contributed by atoms with Crippen LogP contribution in [0.25, 0.3) is 0 Å². The zero-order chi connectivity index (χ0) is 13.6. The van der Waals surface area contributed by atoms with Crippen molar-refractivity contribution in [2.24, 2.45) is 7.05 Å². The van der Waals surface area contributed by atoms with E-state index in [0.29, 0.717) is 0 Å². The maximum atomic E-state index is 6.32. The molecule has 100 valence electrons. The van der Waals surface area contributed by atoms with Gasteiger partial charge in [-0.1, -0.05) is 17.7 Å². The Morgan fingerprint density at radius 1 is 1.42 bits per heavy atom. The number of hydrogen-bond donors (Lipinski definition) is 1. The number of aromatic nitrogens is 2. The Hall–Kier alpha value is -1.68. The summed E-state index contributed by atoms with van der Waals surface area (Å²) in [6.45, 7) is 3.70. The average molecular weight is 277 g/mol. The second-order valence-electron chi connectivity index (χ2n) is 5.03. The molecular weight excluding hydrogens is 260 g/mol. The molecule has 1 aromatic heterocycles. The van der Waals surface area contributed by atoms with Gasteiger partial charge in [0, 0.05) is 25.0 Å². The highest BCUT2D eigenvalue weighted by Gasteiger charge is 2.22. The van der Waals surface area contributed by atoms with E-state index in [0.717, 1.165) is 41.6 Å². The summed E-state index contributed by atoms with van der Waals surface area (Å²) in [5.41, 5.74) is 11.2. The summed E-state index contributed by atoms with van der Waals surface area (Å²) >= 11 is 6.32. The van der Waals surface area contributed by atoms with E-state index in [1.807, 2.05) is 30.8 Å². The first kappa shape index (κ1) is 12.4. The molecule has 19 heavy (non-hydrogen) atoms. The van der Waals surface area contributed by atoms with Crippen LogP contribution in [-0.4, -0.2) is 16.3 Å². The third kappa shape index (κ3) is 2.06. The number of anilines is 2. The van der Waals surface area contributed by atoms with Gasteiger partial charge in [-0.2, -0.15) is 5.10 Å². The minimum atomic E-state index is 0.764. The van der Waals surface area contributed by atoms with Gasteiger partial charge in [0.05, 0.1) is 23.0 Å². The predicted molar refractivity (Wildman–Crippen MR) is 78.6 cm³/mol. The fraction of sp³-hybridized carbons (Fsp3) is 0.357. The summed E-state index contributed by atoms with van der Waals surface area (Å²) in [6.07, 6.45) is 1.06. The van der Waals surface area contributed by atoms with Crippen LogP contribution in [0.5, 0.6) is 0 Å². The first-order valence-corrected chi connectivity index (χ1v) is 6.75. The van der Waals surface area contributed by atoms with Gasteiger partial charge in [0.2, 0.25) is 0 Å². The molecule has 4 nitrogen and oxygen atoms in total. The van der Waals surface area contributed by atoms with E-state index in [1.165, 1.54) is 11.3 Å². The molecule has 0 amide bonds. The molecule has 0 unspecified atom stereocenters. The quantitative estimate of drug-likeness (QED) is 0.858. The molecule has 0 bridgehead atoms. The lowest BCUT2D eigenvalue weighted by Crippen LogP contribution is -2.21. The summed E-state index contributed by atoms with van der Waals surface area (Å²) in [5, 5.41) is 5.12. The van der Waals surface area contributed by atoms with Gasteiger partial charge < -0.3 is 10.6 Å². The molecule has 2 aromatic rings. The van der Waals surface area contributed by atoms with Crippen molar-refractivity contribution in [3.05, 3.63) is 40.2 Å². The van der Waals surface area contributed by atoms with Gasteiger partial charge in [-0.3, -0.25) is 4.68 Å². The van der Waals surface area contributed by atoms with Crippen LogP contribution in [0.1, 0.15) is 17.0 Å². The molecule has 0 fully saturated rings. The van der Waals surface area contributed by atoms with Crippen LogP contribution in [0.2, 0.25) is 5.02 Å². The van der Waals surface area contributed by atoms with Crippen molar-refractivity contribution < 1.29 is 0 Å². The number of benzene rings is 1. The number of nitrogens with zero attached hydrogens (tertiary/aromatic N) is 3. The lowest BCUT2D eigenvalue weighted by Gasteiger charge is -2.20. The molecule has 2 N–H and O–H groups in total. The Kier molecular flexibility index (Phi) is 2.90. The summed E-state index contributed by atoms with van der Waals surface area (Å²) in [6, 6.07) is 6.11. The Morgan fingerprint density at radius 3 is 2.89 bits per heavy atom. The minimum absolute atomic E-state index is 0.764. The van der Waals surface area contributed by atoms with Crippen molar-refractivity contribution in [1.29, 1.82) is 0 Å². The third-order valence-corrected chi connectivity index (χ3v) is 4.20. The first-order chi connectivity index (χ1) is 9.06. The van der Waals surface area contributed by atoms with Crippen LogP contribution in [0.3, 0.4) is 0 Å². The zero-order valence-corrected chi connectivity index (χ0v) is 11.9. The van der Waals surface area contributed by atoms with Gasteiger partial charge in [0.1, 0.15) is 0 Å². The molecule has 0 saturated carbocycles. The van der Waals surface area contributed by atoms with Crippen LogP contribution in [0.4, 0.5) is 11.4 Å². The lowest BCUT2D eigenvalue weighted by molar-refractivity contribution is 0.684. The largest absolute Gasteiger partial charge is 0.399 e. The SMILES string of the molecule is Cc1nn(C)c(CN2CCc3ccc(N)cc32)c1Cl. The van der Waals surface area contributed by atoms with Crippen LogP contribution < -0.4 is 10.6 Å². The number of fused-ring (bicyclic) bond motifs is 1. The molecule has 0 spiro atoms. The Balaban J connectivity index is 1.92. The highest BCUT2D eigenvalue weighted by molar-refractivity contribution is 6.31. The van der Waals surface area contributed by atoms with Crippen LogP contribution in [-0.2, 0) is 20.0 Å². The molecular formula is C14H17ClN4. The maximum Gasteiger partial charge on any atom is 0.0865 e. The molecule has 5 heteroatoms. The molecule has 1 aromatic carbocycles. The van der Waals surface area contributed by atoms with E-state index < -0.39 is 0 Å². The van der Waals surface area contributed by atoms with Crippen molar-refractivity contribution in [3.8, 4) is 0 Å². The highest BCUT2D eigenvalue weighted by Crippen LogP contribution is 2.32. The van der Waals surface area contributed by atoms with Gasteiger partial charge in [0.15, 0.2) is 0 Å². The molecule has 2 heterocycles. The predicted octanol–water partition coefficient (Wildman–Crippen LogP) is 2.53. The molecule has 1 aliphatic rings. The first-order valence-electron chi connectivity index (χ1n) is 6.37. The Bertz CT molecular complexity index is 633. The summed E-state index contributed by atoms with van der Waals surface area (Å²) in [7, 11) is 1.94. The molecule has 0 radical (unpaired) electrons. The van der Waals surface area contributed by atoms with E-state index in [4.69, 9.17) is 17.3 Å². The number of rotatable bonds is 2. The number of nitrogen functional groups attached to an aromatic ring is 1. The van der Waals surface area contributed by atoms with E-state index in [-0.39, 0.29) is 0 Å². The number of nitrogens with two attached hydrogens (primary N) is 1. The molecule has 0 saturated heterocycles. The Morgan fingerprint density at radius 2 is 2.21 bits per heavy atom. The fourth-order valence-electron chi connectivity index (χ4n) is 2.66. The Labute approximate surface area is 117 Å². The van der Waals surface area contributed by atoms with Gasteiger partial charge in [-0.05, 0) is 31.0 Å². The van der Waals surface area contributed by atoms with Gasteiger partial charge in [-0.25, -0.2) is 0 Å². The summed E-state index contributed by atoms with van der Waals surface area (Å²) in [4.78, 5) is 2.31. The molecule has 0 atom stereocenters. The van der Waals surface area contributed by atoms with E-state index in [9.17, 15) is 0 Å². The summed E-state index contributed by atoms with van der Waals surface area (Å²) < 4.78 is 1.86. The molecule has 1 aliphatic heterocycles. The second-order valence-corrected chi connectivity index (χ2v) is 5.41. The minimum Gasteiger partial charge on any atom is -0.399 e. The van der Waals surface area contributed by atoms with Gasteiger partial charge in [-0.15, -0.1) is 0 Å². The lowest BCUT2D eigenvalue weighted by atomic mass is 10.1. The standard InChI is InChI=1S/C14H17ClN4/c1-9-14(15)13(18(2)17-9)8-19-6-5-10-3-4-11(16)7-12(10)19/h3-4,7H,5-6,8,16H2,1-2H3. The summed E-state index contributed by atoms with van der Waals surface area (Å²) in [5.74, 6) is 0. The van der Waals surface area contributed by atoms with Gasteiger partial charge >= 0.3 is 0 Å². The number of aryl methyl sites for hydroxylation is 2. The van der Waals surface area contributed by atoms with Crippen molar-refractivity contribution in [3.63, 3.8) is 0 Å². The van der Waals surface area contributed by atoms with E-state index in [2.05, 4.69) is 16.1 Å². The van der Waals surface area contributed by atoms with Crippen LogP contribution in [0.15, 0.2) is 18.2 Å². The highest BCUT2D eigenvalue weighted by atomic mass is 35.5. The molecule has 3 rings (SSSR count). The second kappa shape index (κ2) is 4.46.